The Bertz CT molecular complexity index is 1150. The minimum atomic E-state index is -0.960. The number of hydrogen-bond acceptors (Lipinski definition) is 3. The van der Waals surface area contributed by atoms with Crippen LogP contribution in [-0.4, -0.2) is 25.6 Å². The number of aromatic nitrogens is 2. The molecule has 2 N–H and O–H groups in total. The molecule has 28 heavy (non-hydrogen) atoms. The molecule has 4 rings (SSSR count). The zero-order chi connectivity index (χ0) is 19.7. The Kier molecular flexibility index (Phi) is 4.67. The number of benzene rings is 2. The van der Waals surface area contributed by atoms with Crippen LogP contribution in [-0.2, 0) is 6.42 Å². The highest BCUT2D eigenvalue weighted by molar-refractivity contribution is 5.96. The van der Waals surface area contributed by atoms with Gasteiger partial charge >= 0.3 is 5.97 Å². The maximum atomic E-state index is 11.5. The standard InChI is InChI=1S/C23H20N2O3/c1-2-17-14-25-20(8-5-9-21(25)24-17)22(26)16-12-10-15(11-13-16)18-6-3-4-7-19(18)23(27)28/h3-14,22,26H,2H2,1H3,(H,27,28). The van der Waals surface area contributed by atoms with Crippen LogP contribution in [0, 0.1) is 0 Å². The van der Waals surface area contributed by atoms with Crippen molar-refractivity contribution >= 4 is 11.6 Å². The van der Waals surface area contributed by atoms with Crippen LogP contribution < -0.4 is 0 Å². The highest BCUT2D eigenvalue weighted by Crippen LogP contribution is 2.28. The van der Waals surface area contributed by atoms with Crippen molar-refractivity contribution in [2.24, 2.45) is 0 Å². The van der Waals surface area contributed by atoms with Crippen molar-refractivity contribution in [1.82, 2.24) is 9.38 Å². The first-order valence-corrected chi connectivity index (χ1v) is 9.16. The molecular weight excluding hydrogens is 352 g/mol. The van der Waals surface area contributed by atoms with Gasteiger partial charge in [-0.1, -0.05) is 55.5 Å². The summed E-state index contributed by atoms with van der Waals surface area (Å²) >= 11 is 0. The Labute approximate surface area is 162 Å². The molecule has 0 bridgehead atoms. The lowest BCUT2D eigenvalue weighted by atomic mass is 9.97. The van der Waals surface area contributed by atoms with Crippen LogP contribution in [0.2, 0.25) is 0 Å². The number of aryl methyl sites for hydroxylation is 1. The van der Waals surface area contributed by atoms with E-state index in [9.17, 15) is 15.0 Å². The number of hydrogen-bond donors (Lipinski definition) is 2. The van der Waals surface area contributed by atoms with E-state index < -0.39 is 12.1 Å². The third-order valence-electron chi connectivity index (χ3n) is 4.91. The molecule has 1 atom stereocenters. The molecule has 0 radical (unpaired) electrons. The summed E-state index contributed by atoms with van der Waals surface area (Å²) in [6.45, 7) is 2.05. The van der Waals surface area contributed by atoms with Crippen LogP contribution >= 0.6 is 0 Å². The molecule has 0 spiro atoms. The molecule has 0 saturated carbocycles. The lowest BCUT2D eigenvalue weighted by Gasteiger charge is -2.14. The minimum absolute atomic E-state index is 0.256. The molecule has 0 amide bonds. The van der Waals surface area contributed by atoms with Gasteiger partial charge in [-0.25, -0.2) is 9.78 Å². The van der Waals surface area contributed by atoms with Crippen LogP contribution in [0.15, 0.2) is 72.9 Å². The molecule has 0 aliphatic carbocycles. The second-order valence-electron chi connectivity index (χ2n) is 6.64. The number of aliphatic hydroxyl groups excluding tert-OH is 1. The number of aromatic carboxylic acids is 1. The van der Waals surface area contributed by atoms with Crippen LogP contribution in [0.4, 0.5) is 0 Å². The first-order valence-electron chi connectivity index (χ1n) is 9.16. The fourth-order valence-electron chi connectivity index (χ4n) is 3.41. The fourth-order valence-corrected chi connectivity index (χ4v) is 3.41. The van der Waals surface area contributed by atoms with Gasteiger partial charge in [-0.15, -0.1) is 0 Å². The number of carboxylic acid groups (broad SMARTS) is 1. The van der Waals surface area contributed by atoms with Crippen LogP contribution in [0.1, 0.15) is 40.3 Å². The number of carboxylic acids is 1. The molecule has 0 saturated heterocycles. The molecule has 2 aromatic heterocycles. The van der Waals surface area contributed by atoms with Crippen molar-refractivity contribution in [2.45, 2.75) is 19.4 Å². The van der Waals surface area contributed by atoms with Crippen LogP contribution in [0.3, 0.4) is 0 Å². The highest BCUT2D eigenvalue weighted by Gasteiger charge is 2.16. The average Bonchev–Trinajstić information content (AvgIpc) is 3.17. The molecule has 1 unspecified atom stereocenters. The van der Waals surface area contributed by atoms with Crippen LogP contribution in [0.5, 0.6) is 0 Å². The minimum Gasteiger partial charge on any atom is -0.478 e. The van der Waals surface area contributed by atoms with E-state index in [-0.39, 0.29) is 5.56 Å². The topological polar surface area (TPSA) is 74.8 Å². The number of pyridine rings is 1. The lowest BCUT2D eigenvalue weighted by Crippen LogP contribution is -2.05. The predicted octanol–water partition coefficient (Wildman–Crippen LogP) is 4.34. The summed E-state index contributed by atoms with van der Waals surface area (Å²) in [6, 6.07) is 19.9. The number of rotatable bonds is 5. The zero-order valence-electron chi connectivity index (χ0n) is 15.4. The third-order valence-corrected chi connectivity index (χ3v) is 4.91. The molecule has 5 heteroatoms. The predicted molar refractivity (Wildman–Crippen MR) is 107 cm³/mol. The van der Waals surface area contributed by atoms with Crippen molar-refractivity contribution in [2.75, 3.05) is 0 Å². The highest BCUT2D eigenvalue weighted by atomic mass is 16.4. The molecule has 2 aromatic carbocycles. The Morgan fingerprint density at radius 1 is 1.04 bits per heavy atom. The summed E-state index contributed by atoms with van der Waals surface area (Å²) in [5.74, 6) is -0.960. The van der Waals surface area contributed by atoms with Gasteiger partial charge < -0.3 is 14.6 Å². The van der Waals surface area contributed by atoms with Gasteiger partial charge in [-0.05, 0) is 41.3 Å². The summed E-state index contributed by atoms with van der Waals surface area (Å²) in [4.78, 5) is 16.0. The molecule has 140 valence electrons. The van der Waals surface area contributed by atoms with Crippen molar-refractivity contribution in [3.8, 4) is 11.1 Å². The van der Waals surface area contributed by atoms with E-state index in [1.54, 1.807) is 18.2 Å². The zero-order valence-corrected chi connectivity index (χ0v) is 15.4. The summed E-state index contributed by atoms with van der Waals surface area (Å²) in [5.41, 5.74) is 4.95. The molecule has 0 aliphatic heterocycles. The largest absolute Gasteiger partial charge is 0.478 e. The van der Waals surface area contributed by atoms with E-state index in [0.29, 0.717) is 5.56 Å². The molecule has 2 heterocycles. The maximum absolute atomic E-state index is 11.5. The summed E-state index contributed by atoms with van der Waals surface area (Å²) < 4.78 is 1.91. The lowest BCUT2D eigenvalue weighted by molar-refractivity contribution is 0.0697. The van der Waals surface area contributed by atoms with Crippen LogP contribution in [0.25, 0.3) is 16.8 Å². The van der Waals surface area contributed by atoms with E-state index in [4.69, 9.17) is 0 Å². The fraction of sp³-hybridized carbons (Fsp3) is 0.130. The monoisotopic (exact) mass is 372 g/mol. The molecule has 0 aliphatic rings. The van der Waals surface area contributed by atoms with E-state index in [0.717, 1.165) is 34.6 Å². The van der Waals surface area contributed by atoms with Gasteiger partial charge in [0.15, 0.2) is 0 Å². The molecule has 0 fully saturated rings. The van der Waals surface area contributed by atoms with Gasteiger partial charge in [0.05, 0.1) is 17.0 Å². The number of fused-ring (bicyclic) bond motifs is 1. The first-order chi connectivity index (χ1) is 13.6. The maximum Gasteiger partial charge on any atom is 0.336 e. The van der Waals surface area contributed by atoms with E-state index in [2.05, 4.69) is 4.98 Å². The Hall–Kier alpha value is -3.44. The Balaban J connectivity index is 1.70. The second kappa shape index (κ2) is 7.29. The average molecular weight is 372 g/mol. The van der Waals surface area contributed by atoms with Crippen molar-refractivity contribution in [1.29, 1.82) is 0 Å². The molecule has 5 nitrogen and oxygen atoms in total. The van der Waals surface area contributed by atoms with Gasteiger partial charge in [0.1, 0.15) is 11.8 Å². The van der Waals surface area contributed by atoms with E-state index in [1.165, 1.54) is 0 Å². The normalized spacial score (nSPS) is 12.2. The van der Waals surface area contributed by atoms with Gasteiger partial charge in [0.25, 0.3) is 0 Å². The smallest absolute Gasteiger partial charge is 0.336 e. The van der Waals surface area contributed by atoms with Gasteiger partial charge in [-0.3, -0.25) is 0 Å². The van der Waals surface area contributed by atoms with Crippen molar-refractivity contribution in [3.63, 3.8) is 0 Å². The quantitative estimate of drug-likeness (QED) is 0.546. The molecular formula is C23H20N2O3. The Morgan fingerprint density at radius 2 is 1.79 bits per heavy atom. The number of imidazole rings is 1. The van der Waals surface area contributed by atoms with Crippen molar-refractivity contribution < 1.29 is 15.0 Å². The summed E-state index contributed by atoms with van der Waals surface area (Å²) in [5, 5.41) is 20.3. The Morgan fingerprint density at radius 3 is 2.50 bits per heavy atom. The molecule has 4 aromatic rings. The van der Waals surface area contributed by atoms with Gasteiger partial charge in [-0.2, -0.15) is 0 Å². The third kappa shape index (κ3) is 3.17. The summed E-state index contributed by atoms with van der Waals surface area (Å²) in [7, 11) is 0. The number of carbonyl (C=O) groups is 1. The van der Waals surface area contributed by atoms with E-state index >= 15 is 0 Å². The van der Waals surface area contributed by atoms with E-state index in [1.807, 2.05) is 66.1 Å². The first kappa shape index (κ1) is 17.9. The van der Waals surface area contributed by atoms with Gasteiger partial charge in [0, 0.05) is 6.20 Å². The van der Waals surface area contributed by atoms with Crippen molar-refractivity contribution in [3.05, 3.63) is 95.4 Å². The number of nitrogens with zero attached hydrogens (tertiary/aromatic N) is 2. The summed E-state index contributed by atoms with van der Waals surface area (Å²) in [6.07, 6.45) is 1.96. The second-order valence-corrected chi connectivity index (χ2v) is 6.64. The number of aliphatic hydroxyl groups is 1. The van der Waals surface area contributed by atoms with Gasteiger partial charge in [0.2, 0.25) is 0 Å². The SMILES string of the molecule is CCc1cn2c(C(O)c3ccc(-c4ccccc4C(=O)O)cc3)cccc2n1.